The Kier molecular flexibility index (Phi) is 8.49. The Morgan fingerprint density at radius 3 is 1.76 bits per heavy atom. The van der Waals surface area contributed by atoms with Crippen LogP contribution in [0.25, 0.3) is 22.3 Å². The van der Waals surface area contributed by atoms with Gasteiger partial charge in [-0.1, -0.05) is 97.1 Å². The van der Waals surface area contributed by atoms with E-state index in [1.165, 1.54) is 61.6 Å². The maximum absolute atomic E-state index is 2.44. The van der Waals surface area contributed by atoms with Gasteiger partial charge in [0, 0.05) is 24.3 Å². The van der Waals surface area contributed by atoms with Crippen LogP contribution in [-0.4, -0.2) is 0 Å². The zero-order valence-corrected chi connectivity index (χ0v) is 28.4. The van der Waals surface area contributed by atoms with E-state index >= 15 is 0 Å². The molecule has 2 nitrogen and oxygen atoms in total. The molecule has 0 aliphatic carbocycles. The van der Waals surface area contributed by atoms with Gasteiger partial charge in [0.1, 0.15) is 14.1 Å². The number of pyridine rings is 2. The van der Waals surface area contributed by atoms with Gasteiger partial charge in [-0.25, -0.2) is 9.13 Å². The summed E-state index contributed by atoms with van der Waals surface area (Å²) >= 11 is 0. The Morgan fingerprint density at radius 2 is 1.07 bits per heavy atom. The quantitative estimate of drug-likeness (QED) is 0.154. The highest BCUT2D eigenvalue weighted by atomic mass is 15.0. The van der Waals surface area contributed by atoms with Crippen molar-refractivity contribution in [3.05, 3.63) is 179 Å². The fraction of sp³-hybridized carbons (Fsp3) is 0.227. The second-order valence-electron chi connectivity index (χ2n) is 13.6. The average Bonchev–Trinajstić information content (AvgIpc) is 3.06. The van der Waals surface area contributed by atoms with E-state index in [4.69, 9.17) is 0 Å². The monoisotopic (exact) mass is 602 g/mol. The molecule has 1 atom stereocenters. The molecule has 0 amide bonds. The lowest BCUT2D eigenvalue weighted by Gasteiger charge is -2.30. The van der Waals surface area contributed by atoms with Gasteiger partial charge in [-0.3, -0.25) is 0 Å². The summed E-state index contributed by atoms with van der Waals surface area (Å²) in [4.78, 5) is 0. The van der Waals surface area contributed by atoms with Crippen LogP contribution in [0.5, 0.6) is 0 Å². The molecule has 0 saturated carbocycles. The fourth-order valence-electron chi connectivity index (χ4n) is 7.51. The first kappa shape index (κ1) is 31.2. The zero-order valence-electron chi connectivity index (χ0n) is 28.4. The van der Waals surface area contributed by atoms with Gasteiger partial charge in [0.25, 0.3) is 0 Å². The van der Waals surface area contributed by atoms with Gasteiger partial charge in [0.15, 0.2) is 23.3 Å². The van der Waals surface area contributed by atoms with Crippen LogP contribution in [0.2, 0.25) is 0 Å². The predicted molar refractivity (Wildman–Crippen MR) is 191 cm³/mol. The van der Waals surface area contributed by atoms with Gasteiger partial charge in [-0.05, 0) is 91.3 Å². The lowest BCUT2D eigenvalue weighted by Crippen LogP contribution is -2.49. The summed E-state index contributed by atoms with van der Waals surface area (Å²) in [6, 6.07) is 48.8. The van der Waals surface area contributed by atoms with Gasteiger partial charge in [0.05, 0.1) is 17.3 Å². The van der Waals surface area contributed by atoms with E-state index in [9.17, 15) is 0 Å². The fourth-order valence-corrected chi connectivity index (χ4v) is 7.51. The van der Waals surface area contributed by atoms with E-state index in [2.05, 4.69) is 198 Å². The zero-order chi connectivity index (χ0) is 32.5. The molecular weight excluding hydrogens is 556 g/mol. The molecule has 0 saturated heterocycles. The molecule has 0 fully saturated rings. The number of rotatable bonds is 8. The van der Waals surface area contributed by atoms with Crippen LogP contribution in [0.4, 0.5) is 0 Å². The van der Waals surface area contributed by atoms with Gasteiger partial charge < -0.3 is 0 Å². The topological polar surface area (TPSA) is 7.76 Å². The molecule has 230 valence electrons. The summed E-state index contributed by atoms with van der Waals surface area (Å²) in [7, 11) is 4.42. The van der Waals surface area contributed by atoms with E-state index in [1.807, 2.05) is 0 Å². The second kappa shape index (κ2) is 12.5. The highest BCUT2D eigenvalue weighted by Crippen LogP contribution is 2.39. The second-order valence-corrected chi connectivity index (χ2v) is 13.6. The van der Waals surface area contributed by atoms with Crippen molar-refractivity contribution in [2.75, 3.05) is 0 Å². The van der Waals surface area contributed by atoms with Crippen molar-refractivity contribution in [2.45, 2.75) is 51.9 Å². The molecule has 0 aliphatic heterocycles. The number of aromatic nitrogens is 2. The predicted octanol–water partition coefficient (Wildman–Crippen LogP) is 9.16. The van der Waals surface area contributed by atoms with Crippen LogP contribution in [0, 0.1) is 13.8 Å². The van der Waals surface area contributed by atoms with Crippen molar-refractivity contribution < 1.29 is 9.13 Å². The molecule has 0 radical (unpaired) electrons. The van der Waals surface area contributed by atoms with Crippen LogP contribution in [0.1, 0.15) is 60.1 Å². The van der Waals surface area contributed by atoms with Crippen molar-refractivity contribution in [1.29, 1.82) is 0 Å². The highest BCUT2D eigenvalue weighted by molar-refractivity contribution is 5.71. The normalized spacial score (nSPS) is 12.9. The van der Waals surface area contributed by atoms with Crippen LogP contribution in [0.3, 0.4) is 0 Å². The molecule has 6 aromatic rings. The molecule has 0 spiro atoms. The molecule has 6 rings (SSSR count). The van der Waals surface area contributed by atoms with Crippen LogP contribution in [0.15, 0.2) is 140 Å². The van der Waals surface area contributed by atoms with E-state index in [-0.39, 0.29) is 10.8 Å². The largest absolute Gasteiger partial charge is 0.204 e. The Balaban J connectivity index is 1.45. The standard InChI is InChI=1S/C44H46N2/c1-32-16-11-12-20-39(32)43(3,4)41-22-15-19-38(46(41)7)31-44(5,42-21-13-14-29-45(42)6)40-30-37(24-23-33(40)2)36-27-25-35(26-28-36)34-17-9-8-10-18-34/h8-30H,31H2,1-7H3/q+2. The molecule has 2 heterocycles. The van der Waals surface area contributed by atoms with Gasteiger partial charge in [-0.15, -0.1) is 0 Å². The minimum atomic E-state index is -0.288. The first-order valence-corrected chi connectivity index (χ1v) is 16.4. The number of nitrogens with zero attached hydrogens (tertiary/aromatic N) is 2. The molecule has 0 bridgehead atoms. The molecule has 2 aromatic heterocycles. The Morgan fingerprint density at radius 1 is 0.500 bits per heavy atom. The lowest BCUT2D eigenvalue weighted by molar-refractivity contribution is -0.692. The molecular formula is C44H46N2+2. The van der Waals surface area contributed by atoms with Crippen molar-refractivity contribution in [1.82, 2.24) is 0 Å². The summed E-state index contributed by atoms with van der Waals surface area (Å²) in [5.41, 5.74) is 13.8. The van der Waals surface area contributed by atoms with Crippen molar-refractivity contribution in [3.63, 3.8) is 0 Å². The first-order chi connectivity index (χ1) is 22.1. The van der Waals surface area contributed by atoms with E-state index in [0.717, 1.165) is 6.42 Å². The molecule has 4 aromatic carbocycles. The summed E-state index contributed by atoms with van der Waals surface area (Å²) in [5, 5.41) is 0. The van der Waals surface area contributed by atoms with Crippen LogP contribution < -0.4 is 9.13 Å². The summed E-state index contributed by atoms with van der Waals surface area (Å²) in [5.74, 6) is 0. The Bertz CT molecular complexity index is 1990. The molecule has 1 unspecified atom stereocenters. The number of benzene rings is 4. The van der Waals surface area contributed by atoms with Gasteiger partial charge >= 0.3 is 0 Å². The molecule has 0 N–H and O–H groups in total. The SMILES string of the molecule is Cc1ccccc1C(C)(C)c1cccc(CC(C)(c2cc(-c3ccc(-c4ccccc4)cc3)ccc2C)c2cccc[n+]2C)[n+]1C. The average molecular weight is 603 g/mol. The third-order valence-electron chi connectivity index (χ3n) is 10.1. The first-order valence-electron chi connectivity index (χ1n) is 16.4. The lowest BCUT2D eigenvalue weighted by atomic mass is 9.72. The molecule has 0 aliphatic rings. The number of hydrogen-bond donors (Lipinski definition) is 0. The van der Waals surface area contributed by atoms with E-state index in [0.29, 0.717) is 0 Å². The van der Waals surface area contributed by atoms with E-state index < -0.39 is 0 Å². The summed E-state index contributed by atoms with van der Waals surface area (Å²) in [6.45, 7) is 11.6. The number of aryl methyl sites for hydroxylation is 3. The maximum Gasteiger partial charge on any atom is 0.192 e. The van der Waals surface area contributed by atoms with Crippen molar-refractivity contribution in [3.8, 4) is 22.3 Å². The Labute approximate surface area is 275 Å². The third kappa shape index (κ3) is 5.81. The molecule has 46 heavy (non-hydrogen) atoms. The van der Waals surface area contributed by atoms with Gasteiger partial charge in [-0.2, -0.15) is 0 Å². The Hall–Kier alpha value is -4.82. The minimum absolute atomic E-state index is 0.147. The van der Waals surface area contributed by atoms with Crippen molar-refractivity contribution in [2.24, 2.45) is 14.1 Å². The van der Waals surface area contributed by atoms with Crippen LogP contribution in [-0.2, 0) is 31.3 Å². The third-order valence-corrected chi connectivity index (χ3v) is 10.1. The summed E-state index contributed by atoms with van der Waals surface area (Å²) in [6.07, 6.45) is 3.03. The van der Waals surface area contributed by atoms with Crippen molar-refractivity contribution >= 4 is 0 Å². The minimum Gasteiger partial charge on any atom is -0.204 e. The highest BCUT2D eigenvalue weighted by Gasteiger charge is 2.41. The summed E-state index contributed by atoms with van der Waals surface area (Å²) < 4.78 is 4.73. The molecule has 2 heteroatoms. The van der Waals surface area contributed by atoms with Gasteiger partial charge in [0.2, 0.25) is 0 Å². The van der Waals surface area contributed by atoms with E-state index in [1.54, 1.807) is 0 Å². The number of hydrogen-bond acceptors (Lipinski definition) is 0. The van der Waals surface area contributed by atoms with Crippen LogP contribution >= 0.6 is 0 Å². The maximum atomic E-state index is 2.44. The smallest absolute Gasteiger partial charge is 0.192 e.